The van der Waals surface area contributed by atoms with Crippen LogP contribution in [0.3, 0.4) is 0 Å². The summed E-state index contributed by atoms with van der Waals surface area (Å²) in [5.41, 5.74) is 0.973. The molecular weight excluding hydrogens is 537 g/mol. The zero-order chi connectivity index (χ0) is 27.2. The second kappa shape index (κ2) is 12.8. The van der Waals surface area contributed by atoms with Crippen LogP contribution >= 0.6 is 23.2 Å². The van der Waals surface area contributed by atoms with Gasteiger partial charge >= 0.3 is 0 Å². The molecule has 0 heterocycles. The highest BCUT2D eigenvalue weighted by Crippen LogP contribution is 2.29. The van der Waals surface area contributed by atoms with Crippen molar-refractivity contribution in [2.24, 2.45) is 0 Å². The molecule has 0 bridgehead atoms. The number of rotatable bonds is 10. The first-order valence-corrected chi connectivity index (χ1v) is 14.8. The largest absolute Gasteiger partial charge is 0.497 e. The minimum Gasteiger partial charge on any atom is -0.497 e. The van der Waals surface area contributed by atoms with Crippen molar-refractivity contribution in [2.75, 3.05) is 24.2 Å². The second-order valence-electron chi connectivity index (χ2n) is 9.26. The predicted molar refractivity (Wildman–Crippen MR) is 147 cm³/mol. The maximum atomic E-state index is 13.6. The van der Waals surface area contributed by atoms with E-state index in [1.165, 1.54) is 23.1 Å². The first kappa shape index (κ1) is 29.1. The summed E-state index contributed by atoms with van der Waals surface area (Å²) in [4.78, 5) is 28.2. The molecule has 1 saturated carbocycles. The van der Waals surface area contributed by atoms with E-state index in [2.05, 4.69) is 5.32 Å². The van der Waals surface area contributed by atoms with Crippen molar-refractivity contribution in [3.05, 3.63) is 58.1 Å². The monoisotopic (exact) mass is 569 g/mol. The molecule has 0 radical (unpaired) electrons. The molecule has 1 aliphatic rings. The number of anilines is 1. The Kier molecular flexibility index (Phi) is 10.1. The maximum absolute atomic E-state index is 13.6. The van der Waals surface area contributed by atoms with E-state index in [-0.39, 0.29) is 34.2 Å². The summed E-state index contributed by atoms with van der Waals surface area (Å²) in [5.74, 6) is -0.139. The van der Waals surface area contributed by atoms with Gasteiger partial charge in [0, 0.05) is 12.6 Å². The van der Waals surface area contributed by atoms with Gasteiger partial charge in [-0.05, 0) is 55.7 Å². The lowest BCUT2D eigenvalue weighted by atomic mass is 9.95. The fraction of sp³-hybridized carbons (Fsp3) is 0.462. The van der Waals surface area contributed by atoms with Gasteiger partial charge < -0.3 is 15.0 Å². The Morgan fingerprint density at radius 3 is 2.27 bits per heavy atom. The number of sulfonamides is 1. The molecule has 11 heteroatoms. The summed E-state index contributed by atoms with van der Waals surface area (Å²) >= 11 is 12.1. The molecule has 2 aromatic carbocycles. The van der Waals surface area contributed by atoms with E-state index in [0.717, 1.165) is 48.2 Å². The zero-order valence-corrected chi connectivity index (χ0v) is 23.6. The summed E-state index contributed by atoms with van der Waals surface area (Å²) in [7, 11) is -2.30. The summed E-state index contributed by atoms with van der Waals surface area (Å²) in [6, 6.07) is 10.7. The van der Waals surface area contributed by atoms with E-state index in [0.29, 0.717) is 5.75 Å². The molecule has 1 aliphatic carbocycles. The van der Waals surface area contributed by atoms with Crippen molar-refractivity contribution < 1.29 is 22.7 Å². The molecule has 1 atom stereocenters. The summed E-state index contributed by atoms with van der Waals surface area (Å²) in [6.07, 6.45) is 6.09. The van der Waals surface area contributed by atoms with Gasteiger partial charge in [-0.25, -0.2) is 8.42 Å². The highest BCUT2D eigenvalue weighted by molar-refractivity contribution is 7.92. The van der Waals surface area contributed by atoms with Crippen molar-refractivity contribution in [1.82, 2.24) is 10.2 Å². The number of nitrogens with one attached hydrogen (secondary N) is 1. The number of methoxy groups -OCH3 is 1. The summed E-state index contributed by atoms with van der Waals surface area (Å²) in [6.45, 7) is 1.26. The number of carbonyl (C=O) groups is 2. The molecule has 202 valence electrons. The van der Waals surface area contributed by atoms with Gasteiger partial charge in [0.25, 0.3) is 0 Å². The van der Waals surface area contributed by atoms with Gasteiger partial charge in [0.1, 0.15) is 18.3 Å². The minimum absolute atomic E-state index is 0.0744. The predicted octanol–water partition coefficient (Wildman–Crippen LogP) is 4.63. The van der Waals surface area contributed by atoms with E-state index in [1.807, 2.05) is 0 Å². The van der Waals surface area contributed by atoms with E-state index in [1.54, 1.807) is 38.3 Å². The van der Waals surface area contributed by atoms with Gasteiger partial charge in [-0.15, -0.1) is 0 Å². The van der Waals surface area contributed by atoms with Gasteiger partial charge in [0.2, 0.25) is 21.8 Å². The normalized spacial score (nSPS) is 15.1. The third-order valence-corrected chi connectivity index (χ3v) is 8.38. The van der Waals surface area contributed by atoms with Crippen LogP contribution in [0, 0.1) is 0 Å². The van der Waals surface area contributed by atoms with Crippen molar-refractivity contribution in [2.45, 2.75) is 57.7 Å². The number of hydrogen-bond donors (Lipinski definition) is 1. The number of carbonyl (C=O) groups excluding carboxylic acids is 2. The molecule has 37 heavy (non-hydrogen) atoms. The molecule has 1 N–H and O–H groups in total. The standard InChI is InChI=1S/C26H33Cl2N3O5S/c1-18(26(33)29-20-7-5-4-6-8-20)30(16-19-9-12-22(36-2)13-10-19)25(32)17-31(37(3,34)35)21-11-14-23(27)24(28)15-21/h9-15,18,20H,4-8,16-17H2,1-3H3,(H,29,33). The van der Waals surface area contributed by atoms with E-state index < -0.39 is 28.5 Å². The average Bonchev–Trinajstić information content (AvgIpc) is 2.87. The Morgan fingerprint density at radius 2 is 1.70 bits per heavy atom. The van der Waals surface area contributed by atoms with E-state index in [9.17, 15) is 18.0 Å². The Labute approximate surface area is 228 Å². The molecule has 3 rings (SSSR count). The van der Waals surface area contributed by atoms with Crippen LogP contribution < -0.4 is 14.4 Å². The van der Waals surface area contributed by atoms with Crippen molar-refractivity contribution in [3.63, 3.8) is 0 Å². The van der Waals surface area contributed by atoms with Crippen LogP contribution in [0.1, 0.15) is 44.6 Å². The Hall–Kier alpha value is -2.49. The third-order valence-electron chi connectivity index (χ3n) is 6.50. The highest BCUT2D eigenvalue weighted by atomic mass is 35.5. The number of nitrogens with zero attached hydrogens (tertiary/aromatic N) is 2. The maximum Gasteiger partial charge on any atom is 0.244 e. The van der Waals surface area contributed by atoms with E-state index in [4.69, 9.17) is 27.9 Å². The minimum atomic E-state index is -3.86. The molecule has 2 amide bonds. The van der Waals surface area contributed by atoms with Crippen LogP contribution in [0.2, 0.25) is 10.0 Å². The highest BCUT2D eigenvalue weighted by Gasteiger charge is 2.31. The Morgan fingerprint density at radius 1 is 1.05 bits per heavy atom. The van der Waals surface area contributed by atoms with Crippen molar-refractivity contribution in [1.29, 1.82) is 0 Å². The lowest BCUT2D eigenvalue weighted by Gasteiger charge is -2.33. The van der Waals surface area contributed by atoms with Crippen LogP contribution in [0.15, 0.2) is 42.5 Å². The number of halogens is 2. The third kappa shape index (κ3) is 7.99. The van der Waals surface area contributed by atoms with Crippen LogP contribution in [0.25, 0.3) is 0 Å². The second-order valence-corrected chi connectivity index (χ2v) is 12.0. The summed E-state index contributed by atoms with van der Waals surface area (Å²) in [5, 5.41) is 3.50. The fourth-order valence-electron chi connectivity index (χ4n) is 4.33. The SMILES string of the molecule is COc1ccc(CN(C(=O)CN(c2ccc(Cl)c(Cl)c2)S(C)(=O)=O)C(C)C(=O)NC2CCCCC2)cc1. The smallest absolute Gasteiger partial charge is 0.244 e. The number of amides is 2. The molecule has 1 unspecified atom stereocenters. The molecule has 1 fully saturated rings. The average molecular weight is 571 g/mol. The molecule has 2 aromatic rings. The lowest BCUT2D eigenvalue weighted by molar-refractivity contribution is -0.139. The Balaban J connectivity index is 1.88. The zero-order valence-electron chi connectivity index (χ0n) is 21.2. The lowest BCUT2D eigenvalue weighted by Crippen LogP contribution is -2.52. The van der Waals surface area contributed by atoms with Crippen LogP contribution in [-0.2, 0) is 26.2 Å². The quantitative estimate of drug-likeness (QED) is 0.449. The Bertz CT molecular complexity index is 1200. The van der Waals surface area contributed by atoms with Gasteiger partial charge in [-0.1, -0.05) is 54.6 Å². The fourth-order valence-corrected chi connectivity index (χ4v) is 5.47. The topological polar surface area (TPSA) is 96.0 Å². The van der Waals surface area contributed by atoms with E-state index >= 15 is 0 Å². The molecule has 0 aliphatic heterocycles. The summed E-state index contributed by atoms with van der Waals surface area (Å²) < 4.78 is 31.5. The van der Waals surface area contributed by atoms with Crippen LogP contribution in [0.5, 0.6) is 5.75 Å². The first-order chi connectivity index (χ1) is 17.5. The van der Waals surface area contributed by atoms with Gasteiger partial charge in [-0.2, -0.15) is 0 Å². The molecule has 0 spiro atoms. The van der Waals surface area contributed by atoms with Gasteiger partial charge in [-0.3, -0.25) is 13.9 Å². The van der Waals surface area contributed by atoms with Gasteiger partial charge in [0.05, 0.1) is 29.1 Å². The van der Waals surface area contributed by atoms with Crippen molar-refractivity contribution >= 4 is 50.7 Å². The van der Waals surface area contributed by atoms with Crippen LogP contribution in [0.4, 0.5) is 5.69 Å². The molecular formula is C26H33Cl2N3O5S. The molecule has 8 nitrogen and oxygen atoms in total. The van der Waals surface area contributed by atoms with Gasteiger partial charge in [0.15, 0.2) is 0 Å². The number of benzene rings is 2. The molecule has 0 aromatic heterocycles. The van der Waals surface area contributed by atoms with Crippen LogP contribution in [-0.4, -0.2) is 57.1 Å². The number of ether oxygens (including phenoxy) is 1. The first-order valence-electron chi connectivity index (χ1n) is 12.1. The van der Waals surface area contributed by atoms with Crippen molar-refractivity contribution in [3.8, 4) is 5.75 Å². The number of hydrogen-bond acceptors (Lipinski definition) is 5. The molecule has 0 saturated heterocycles.